The standard InChI is InChI=1S/C18H21N3O3/c1-13(22)20-8-3-9-21(11-10-20)18(23)17-6-4-14-12-15(24-2)5-7-16(14)19-17/h4-7,12H,3,8-11H2,1-2H3. The van der Waals surface area contributed by atoms with E-state index in [2.05, 4.69) is 4.98 Å². The molecule has 0 aliphatic carbocycles. The first-order chi connectivity index (χ1) is 11.6. The van der Waals surface area contributed by atoms with E-state index < -0.39 is 0 Å². The summed E-state index contributed by atoms with van der Waals surface area (Å²) < 4.78 is 5.20. The summed E-state index contributed by atoms with van der Waals surface area (Å²) >= 11 is 0. The van der Waals surface area contributed by atoms with E-state index in [0.29, 0.717) is 31.9 Å². The largest absolute Gasteiger partial charge is 0.497 e. The zero-order valence-corrected chi connectivity index (χ0v) is 14.0. The number of pyridine rings is 1. The molecule has 2 amide bonds. The molecule has 24 heavy (non-hydrogen) atoms. The van der Waals surface area contributed by atoms with Crippen molar-refractivity contribution < 1.29 is 14.3 Å². The van der Waals surface area contributed by atoms with E-state index in [1.165, 1.54) is 0 Å². The summed E-state index contributed by atoms with van der Waals surface area (Å²) in [4.78, 5) is 32.3. The van der Waals surface area contributed by atoms with Crippen LogP contribution in [0, 0.1) is 0 Å². The van der Waals surface area contributed by atoms with Gasteiger partial charge in [-0.3, -0.25) is 9.59 Å². The minimum absolute atomic E-state index is 0.0575. The molecule has 3 rings (SSSR count). The number of hydrogen-bond donors (Lipinski definition) is 0. The highest BCUT2D eigenvalue weighted by Gasteiger charge is 2.22. The Labute approximate surface area is 141 Å². The molecule has 1 aliphatic rings. The second-order valence-electron chi connectivity index (χ2n) is 5.91. The number of aromatic nitrogens is 1. The van der Waals surface area contributed by atoms with Crippen LogP contribution < -0.4 is 4.74 Å². The Morgan fingerprint density at radius 3 is 2.54 bits per heavy atom. The average Bonchev–Trinajstić information content (AvgIpc) is 2.86. The first-order valence-electron chi connectivity index (χ1n) is 8.08. The van der Waals surface area contributed by atoms with E-state index in [1.54, 1.807) is 29.9 Å². The van der Waals surface area contributed by atoms with Crippen LogP contribution in [-0.4, -0.2) is 59.9 Å². The summed E-state index contributed by atoms with van der Waals surface area (Å²) in [5, 5.41) is 0.935. The number of nitrogens with zero attached hydrogens (tertiary/aromatic N) is 3. The molecule has 0 radical (unpaired) electrons. The average molecular weight is 327 g/mol. The van der Waals surface area contributed by atoms with Gasteiger partial charge in [0.1, 0.15) is 11.4 Å². The van der Waals surface area contributed by atoms with Crippen molar-refractivity contribution in [1.82, 2.24) is 14.8 Å². The molecule has 0 bridgehead atoms. The molecule has 0 saturated carbocycles. The third kappa shape index (κ3) is 3.32. The van der Waals surface area contributed by atoms with E-state index in [4.69, 9.17) is 4.74 Å². The van der Waals surface area contributed by atoms with Crippen LogP contribution in [0.25, 0.3) is 10.9 Å². The fourth-order valence-corrected chi connectivity index (χ4v) is 2.95. The summed E-state index contributed by atoms with van der Waals surface area (Å²) in [5.41, 5.74) is 1.20. The van der Waals surface area contributed by atoms with Crippen molar-refractivity contribution in [3.05, 3.63) is 36.0 Å². The zero-order valence-electron chi connectivity index (χ0n) is 14.0. The van der Waals surface area contributed by atoms with Gasteiger partial charge in [-0.2, -0.15) is 0 Å². The number of fused-ring (bicyclic) bond motifs is 1. The van der Waals surface area contributed by atoms with Gasteiger partial charge < -0.3 is 14.5 Å². The maximum atomic E-state index is 12.7. The predicted octanol–water partition coefficient (Wildman–Crippen LogP) is 1.94. The molecule has 126 valence electrons. The van der Waals surface area contributed by atoms with Crippen molar-refractivity contribution in [2.45, 2.75) is 13.3 Å². The fourth-order valence-electron chi connectivity index (χ4n) is 2.95. The van der Waals surface area contributed by atoms with Crippen molar-refractivity contribution in [3.8, 4) is 5.75 Å². The van der Waals surface area contributed by atoms with Gasteiger partial charge in [-0.05, 0) is 30.7 Å². The summed E-state index contributed by atoms with van der Waals surface area (Å²) in [7, 11) is 1.62. The van der Waals surface area contributed by atoms with Gasteiger partial charge in [-0.15, -0.1) is 0 Å². The lowest BCUT2D eigenvalue weighted by Gasteiger charge is -2.21. The van der Waals surface area contributed by atoms with Crippen molar-refractivity contribution in [2.24, 2.45) is 0 Å². The molecule has 1 saturated heterocycles. The lowest BCUT2D eigenvalue weighted by Crippen LogP contribution is -2.36. The molecule has 1 fully saturated rings. The van der Waals surface area contributed by atoms with Crippen LogP contribution >= 0.6 is 0 Å². The molecule has 1 aliphatic heterocycles. The van der Waals surface area contributed by atoms with Crippen LogP contribution in [0.3, 0.4) is 0 Å². The van der Waals surface area contributed by atoms with E-state index >= 15 is 0 Å². The van der Waals surface area contributed by atoms with Gasteiger partial charge in [0.25, 0.3) is 5.91 Å². The fraction of sp³-hybridized carbons (Fsp3) is 0.389. The lowest BCUT2D eigenvalue weighted by atomic mass is 10.2. The summed E-state index contributed by atoms with van der Waals surface area (Å²) in [5.74, 6) is 0.736. The van der Waals surface area contributed by atoms with Crippen LogP contribution in [-0.2, 0) is 4.79 Å². The molecule has 1 aromatic carbocycles. The Hall–Kier alpha value is -2.63. The van der Waals surface area contributed by atoms with Crippen molar-refractivity contribution in [3.63, 3.8) is 0 Å². The minimum atomic E-state index is -0.0851. The van der Waals surface area contributed by atoms with Crippen molar-refractivity contribution in [2.75, 3.05) is 33.3 Å². The second kappa shape index (κ2) is 6.86. The molecular formula is C18H21N3O3. The van der Waals surface area contributed by atoms with Crippen LogP contribution in [0.1, 0.15) is 23.8 Å². The first-order valence-corrected chi connectivity index (χ1v) is 8.08. The molecule has 0 unspecified atom stereocenters. The van der Waals surface area contributed by atoms with Crippen LogP contribution in [0.5, 0.6) is 5.75 Å². The van der Waals surface area contributed by atoms with Gasteiger partial charge in [0.05, 0.1) is 12.6 Å². The highest BCUT2D eigenvalue weighted by molar-refractivity contribution is 5.95. The molecule has 2 aromatic rings. The second-order valence-corrected chi connectivity index (χ2v) is 5.91. The highest BCUT2D eigenvalue weighted by Crippen LogP contribution is 2.20. The zero-order chi connectivity index (χ0) is 17.1. The van der Waals surface area contributed by atoms with Crippen molar-refractivity contribution >= 4 is 22.7 Å². The molecule has 1 aromatic heterocycles. The SMILES string of the molecule is COc1ccc2nc(C(=O)N3CCCN(C(C)=O)CC3)ccc2c1. The van der Waals surface area contributed by atoms with E-state index in [9.17, 15) is 9.59 Å². The highest BCUT2D eigenvalue weighted by atomic mass is 16.5. The summed E-state index contributed by atoms with van der Waals surface area (Å²) in [6, 6.07) is 9.22. The number of carbonyl (C=O) groups is 2. The van der Waals surface area contributed by atoms with Crippen LogP contribution in [0.15, 0.2) is 30.3 Å². The third-order valence-corrected chi connectivity index (χ3v) is 4.34. The number of carbonyl (C=O) groups excluding carboxylic acids is 2. The number of methoxy groups -OCH3 is 1. The van der Waals surface area contributed by atoms with E-state index in [1.807, 2.05) is 24.3 Å². The van der Waals surface area contributed by atoms with Gasteiger partial charge >= 0.3 is 0 Å². The predicted molar refractivity (Wildman–Crippen MR) is 91.1 cm³/mol. The minimum Gasteiger partial charge on any atom is -0.497 e. The van der Waals surface area contributed by atoms with Gasteiger partial charge in [-0.1, -0.05) is 6.07 Å². The molecule has 0 atom stereocenters. The number of ether oxygens (including phenoxy) is 1. The van der Waals surface area contributed by atoms with E-state index in [-0.39, 0.29) is 11.8 Å². The molecule has 6 heteroatoms. The maximum absolute atomic E-state index is 12.7. The molecule has 2 heterocycles. The Bertz CT molecular complexity index is 775. The smallest absolute Gasteiger partial charge is 0.272 e. The Morgan fingerprint density at radius 1 is 1.04 bits per heavy atom. The van der Waals surface area contributed by atoms with Crippen LogP contribution in [0.4, 0.5) is 0 Å². The third-order valence-electron chi connectivity index (χ3n) is 4.34. The van der Waals surface area contributed by atoms with Gasteiger partial charge in [0, 0.05) is 38.5 Å². The van der Waals surface area contributed by atoms with Crippen molar-refractivity contribution in [1.29, 1.82) is 0 Å². The summed E-state index contributed by atoms with van der Waals surface area (Å²) in [6.07, 6.45) is 0.788. The monoisotopic (exact) mass is 327 g/mol. The summed E-state index contributed by atoms with van der Waals surface area (Å²) in [6.45, 7) is 4.03. The molecule has 0 N–H and O–H groups in total. The number of hydrogen-bond acceptors (Lipinski definition) is 4. The number of rotatable bonds is 2. The van der Waals surface area contributed by atoms with E-state index in [0.717, 1.165) is 23.1 Å². The Morgan fingerprint density at radius 2 is 1.79 bits per heavy atom. The molecule has 0 spiro atoms. The topological polar surface area (TPSA) is 62.7 Å². The number of benzene rings is 1. The van der Waals surface area contributed by atoms with Gasteiger partial charge in [-0.25, -0.2) is 4.98 Å². The number of amides is 2. The lowest BCUT2D eigenvalue weighted by molar-refractivity contribution is -0.128. The van der Waals surface area contributed by atoms with Gasteiger partial charge in [0.2, 0.25) is 5.91 Å². The maximum Gasteiger partial charge on any atom is 0.272 e. The van der Waals surface area contributed by atoms with Gasteiger partial charge in [0.15, 0.2) is 0 Å². The quantitative estimate of drug-likeness (QED) is 0.846. The van der Waals surface area contributed by atoms with Crippen LogP contribution in [0.2, 0.25) is 0 Å². The normalized spacial score (nSPS) is 15.2. The molecule has 6 nitrogen and oxygen atoms in total. The first kappa shape index (κ1) is 16.2. The molecular weight excluding hydrogens is 306 g/mol. The Balaban J connectivity index is 1.79. The Kier molecular flexibility index (Phi) is 4.64.